The van der Waals surface area contributed by atoms with E-state index in [9.17, 15) is 4.79 Å². The van der Waals surface area contributed by atoms with Crippen molar-refractivity contribution in [1.82, 2.24) is 15.3 Å². The minimum atomic E-state index is -0.0189. The van der Waals surface area contributed by atoms with Crippen LogP contribution < -0.4 is 5.43 Å². The molecule has 4 nitrogen and oxygen atoms in total. The van der Waals surface area contributed by atoms with Gasteiger partial charge in [0.2, 0.25) is 0 Å². The predicted molar refractivity (Wildman–Crippen MR) is 67.7 cm³/mol. The Balaban J connectivity index is 1.91. The Kier molecular flexibility index (Phi) is 3.76. The van der Waals surface area contributed by atoms with Crippen molar-refractivity contribution in [1.29, 1.82) is 0 Å². The molecular weight excluding hydrogens is 214 g/mol. The van der Waals surface area contributed by atoms with Crippen LogP contribution in [0.1, 0.15) is 15.9 Å². The summed E-state index contributed by atoms with van der Waals surface area (Å²) >= 11 is 0. The van der Waals surface area contributed by atoms with Gasteiger partial charge in [-0.2, -0.15) is 0 Å². The van der Waals surface area contributed by atoms with Gasteiger partial charge in [0, 0.05) is 31.7 Å². The second-order valence-electron chi connectivity index (χ2n) is 4.60. The number of hydrazine groups is 1. The summed E-state index contributed by atoms with van der Waals surface area (Å²) in [7, 11) is 2.10. The van der Waals surface area contributed by atoms with Crippen LogP contribution in [0.3, 0.4) is 0 Å². The Morgan fingerprint density at radius 1 is 1.12 bits per heavy atom. The summed E-state index contributed by atoms with van der Waals surface area (Å²) in [6.07, 6.45) is 0. The van der Waals surface area contributed by atoms with Crippen LogP contribution in [0.15, 0.2) is 24.3 Å². The molecule has 0 atom stereocenters. The maximum atomic E-state index is 11.9. The molecule has 0 aromatic heterocycles. The van der Waals surface area contributed by atoms with Crippen LogP contribution in [0.5, 0.6) is 0 Å². The van der Waals surface area contributed by atoms with Crippen LogP contribution in [0.2, 0.25) is 0 Å². The van der Waals surface area contributed by atoms with Crippen LogP contribution in [-0.4, -0.2) is 49.0 Å². The van der Waals surface area contributed by atoms with Crippen LogP contribution in [0, 0.1) is 6.92 Å². The van der Waals surface area contributed by atoms with E-state index in [2.05, 4.69) is 17.4 Å². The first-order valence-electron chi connectivity index (χ1n) is 5.96. The third-order valence-corrected chi connectivity index (χ3v) is 3.08. The summed E-state index contributed by atoms with van der Waals surface area (Å²) in [6.45, 7) is 5.77. The molecule has 0 unspecified atom stereocenters. The van der Waals surface area contributed by atoms with Gasteiger partial charge >= 0.3 is 0 Å². The summed E-state index contributed by atoms with van der Waals surface area (Å²) in [5, 5.41) is 1.99. The summed E-state index contributed by atoms with van der Waals surface area (Å²) in [5.74, 6) is -0.0189. The molecule has 2 rings (SSSR count). The van der Waals surface area contributed by atoms with Gasteiger partial charge in [0.25, 0.3) is 5.91 Å². The van der Waals surface area contributed by atoms with Gasteiger partial charge in [-0.1, -0.05) is 17.7 Å². The van der Waals surface area contributed by atoms with E-state index in [0.717, 1.165) is 31.7 Å². The highest BCUT2D eigenvalue weighted by Gasteiger charge is 2.16. The van der Waals surface area contributed by atoms with E-state index in [0.29, 0.717) is 0 Å². The minimum Gasteiger partial charge on any atom is -0.304 e. The molecule has 0 radical (unpaired) electrons. The number of nitrogens with one attached hydrogen (secondary N) is 1. The van der Waals surface area contributed by atoms with Crippen molar-refractivity contribution in [2.75, 3.05) is 33.2 Å². The van der Waals surface area contributed by atoms with Crippen LogP contribution in [0.4, 0.5) is 0 Å². The summed E-state index contributed by atoms with van der Waals surface area (Å²) in [6, 6.07) is 7.64. The monoisotopic (exact) mass is 233 g/mol. The van der Waals surface area contributed by atoms with Gasteiger partial charge in [0.05, 0.1) is 0 Å². The third kappa shape index (κ3) is 3.28. The average molecular weight is 233 g/mol. The molecule has 1 aliphatic heterocycles. The van der Waals surface area contributed by atoms with Gasteiger partial charge in [-0.05, 0) is 26.1 Å². The molecule has 1 amide bonds. The zero-order chi connectivity index (χ0) is 12.3. The number of hydrogen-bond acceptors (Lipinski definition) is 3. The molecule has 17 heavy (non-hydrogen) atoms. The Hall–Kier alpha value is -1.39. The zero-order valence-electron chi connectivity index (χ0n) is 10.4. The smallest absolute Gasteiger partial charge is 0.265 e. The van der Waals surface area contributed by atoms with E-state index in [1.165, 1.54) is 5.56 Å². The average Bonchev–Trinajstić information content (AvgIpc) is 2.33. The van der Waals surface area contributed by atoms with Crippen molar-refractivity contribution < 1.29 is 4.79 Å². The molecule has 1 heterocycles. The van der Waals surface area contributed by atoms with Crippen LogP contribution in [0.25, 0.3) is 0 Å². The van der Waals surface area contributed by atoms with E-state index in [1.54, 1.807) is 0 Å². The predicted octanol–water partition coefficient (Wildman–Crippen LogP) is 0.887. The number of benzene rings is 1. The number of amides is 1. The first-order chi connectivity index (χ1) is 8.15. The highest BCUT2D eigenvalue weighted by Crippen LogP contribution is 2.04. The quantitative estimate of drug-likeness (QED) is 0.824. The fraction of sp³-hybridized carbons (Fsp3) is 0.462. The van der Waals surface area contributed by atoms with Gasteiger partial charge in [-0.15, -0.1) is 0 Å². The Bertz CT molecular complexity index is 380. The lowest BCUT2D eigenvalue weighted by Gasteiger charge is -2.32. The highest BCUT2D eigenvalue weighted by molar-refractivity contribution is 5.93. The number of piperazine rings is 1. The fourth-order valence-corrected chi connectivity index (χ4v) is 1.83. The topological polar surface area (TPSA) is 35.6 Å². The van der Waals surface area contributed by atoms with Crippen molar-refractivity contribution in [2.24, 2.45) is 0 Å². The van der Waals surface area contributed by atoms with E-state index in [4.69, 9.17) is 0 Å². The number of nitrogens with zero attached hydrogens (tertiary/aromatic N) is 2. The van der Waals surface area contributed by atoms with E-state index < -0.39 is 0 Å². The van der Waals surface area contributed by atoms with Crippen molar-refractivity contribution in [3.05, 3.63) is 35.4 Å². The molecule has 1 aliphatic rings. The van der Waals surface area contributed by atoms with Gasteiger partial charge in [-0.25, -0.2) is 5.01 Å². The Morgan fingerprint density at radius 3 is 2.29 bits per heavy atom. The molecule has 0 aliphatic carbocycles. The molecule has 1 N–H and O–H groups in total. The molecule has 1 aromatic carbocycles. The van der Waals surface area contributed by atoms with Crippen molar-refractivity contribution in [3.63, 3.8) is 0 Å². The zero-order valence-corrected chi connectivity index (χ0v) is 10.4. The van der Waals surface area contributed by atoms with Crippen molar-refractivity contribution >= 4 is 5.91 Å². The van der Waals surface area contributed by atoms with E-state index in [-0.39, 0.29) is 5.91 Å². The fourth-order valence-electron chi connectivity index (χ4n) is 1.83. The summed E-state index contributed by atoms with van der Waals surface area (Å²) < 4.78 is 0. The number of hydrogen-bond donors (Lipinski definition) is 1. The molecule has 0 saturated carbocycles. The molecule has 4 heteroatoms. The third-order valence-electron chi connectivity index (χ3n) is 3.08. The first-order valence-corrected chi connectivity index (χ1v) is 5.96. The normalized spacial score (nSPS) is 18.0. The van der Waals surface area contributed by atoms with E-state index >= 15 is 0 Å². The number of aryl methyl sites for hydroxylation is 1. The molecule has 0 spiro atoms. The molecular formula is C13H19N3O. The number of likely N-dealkylation sites (N-methyl/N-ethyl adjacent to an activating group) is 1. The van der Waals surface area contributed by atoms with Crippen molar-refractivity contribution in [3.8, 4) is 0 Å². The summed E-state index contributed by atoms with van der Waals surface area (Å²) in [4.78, 5) is 14.2. The minimum absolute atomic E-state index is 0.0189. The largest absolute Gasteiger partial charge is 0.304 e. The van der Waals surface area contributed by atoms with Gasteiger partial charge < -0.3 is 4.90 Å². The van der Waals surface area contributed by atoms with Crippen LogP contribution >= 0.6 is 0 Å². The van der Waals surface area contributed by atoms with Gasteiger partial charge in [-0.3, -0.25) is 10.2 Å². The Labute approximate surface area is 102 Å². The highest BCUT2D eigenvalue weighted by atomic mass is 16.2. The maximum absolute atomic E-state index is 11.9. The molecule has 1 saturated heterocycles. The number of rotatable bonds is 2. The van der Waals surface area contributed by atoms with Crippen LogP contribution in [-0.2, 0) is 0 Å². The lowest BCUT2D eigenvalue weighted by molar-refractivity contribution is 0.0662. The first kappa shape index (κ1) is 12.1. The lowest BCUT2D eigenvalue weighted by Crippen LogP contribution is -2.52. The second kappa shape index (κ2) is 5.29. The number of carbonyl (C=O) groups excluding carboxylic acids is 1. The maximum Gasteiger partial charge on any atom is 0.265 e. The summed E-state index contributed by atoms with van der Waals surface area (Å²) in [5.41, 5.74) is 4.83. The standard InChI is InChI=1S/C13H19N3O/c1-11-3-5-12(6-4-11)13(17)14-16-9-7-15(2)8-10-16/h3-6H,7-10H2,1-2H3,(H,14,17). The van der Waals surface area contributed by atoms with Gasteiger partial charge in [0.1, 0.15) is 0 Å². The molecule has 0 bridgehead atoms. The number of carbonyl (C=O) groups is 1. The molecule has 92 valence electrons. The van der Waals surface area contributed by atoms with E-state index in [1.807, 2.05) is 36.2 Å². The van der Waals surface area contributed by atoms with Gasteiger partial charge in [0.15, 0.2) is 0 Å². The molecule has 1 fully saturated rings. The lowest BCUT2D eigenvalue weighted by atomic mass is 10.1. The Morgan fingerprint density at radius 2 is 1.71 bits per heavy atom. The molecule has 1 aromatic rings. The SMILES string of the molecule is Cc1ccc(C(=O)NN2CCN(C)CC2)cc1. The second-order valence-corrected chi connectivity index (χ2v) is 4.60. The van der Waals surface area contributed by atoms with Crippen molar-refractivity contribution in [2.45, 2.75) is 6.92 Å².